The van der Waals surface area contributed by atoms with Gasteiger partial charge in [0.15, 0.2) is 11.6 Å². The number of halogens is 2. The number of hydrogen-bond donors (Lipinski definition) is 0. The molecule has 4 rings (SSSR count). The van der Waals surface area contributed by atoms with Crippen molar-refractivity contribution in [3.05, 3.63) is 66.3 Å². The van der Waals surface area contributed by atoms with Gasteiger partial charge in [-0.2, -0.15) is 4.39 Å². The molecule has 4 heteroatoms. The third kappa shape index (κ3) is 5.84. The van der Waals surface area contributed by atoms with E-state index in [-0.39, 0.29) is 11.3 Å². The summed E-state index contributed by atoms with van der Waals surface area (Å²) in [5, 5.41) is 0. The van der Waals surface area contributed by atoms with Crippen LogP contribution in [0.5, 0.6) is 5.75 Å². The molecular formula is C29H36F2O2. The van der Waals surface area contributed by atoms with Crippen LogP contribution >= 0.6 is 0 Å². The fraction of sp³-hybridized carbons (Fsp3) is 0.517. The zero-order chi connectivity index (χ0) is 23.2. The Kier molecular flexibility index (Phi) is 8.19. The second-order valence-electron chi connectivity index (χ2n) is 9.62. The molecule has 0 N–H and O–H groups in total. The molecule has 0 unspecified atom stereocenters. The first-order chi connectivity index (χ1) is 16.1. The van der Waals surface area contributed by atoms with Crippen molar-refractivity contribution in [2.24, 2.45) is 11.8 Å². The van der Waals surface area contributed by atoms with E-state index in [0.717, 1.165) is 32.3 Å². The van der Waals surface area contributed by atoms with Gasteiger partial charge in [0.25, 0.3) is 0 Å². The summed E-state index contributed by atoms with van der Waals surface area (Å²) >= 11 is 0. The van der Waals surface area contributed by atoms with E-state index in [1.807, 2.05) is 12.1 Å². The maximum atomic E-state index is 14.5. The van der Waals surface area contributed by atoms with E-state index in [1.165, 1.54) is 37.3 Å². The van der Waals surface area contributed by atoms with Gasteiger partial charge in [-0.05, 0) is 99.3 Å². The number of allylic oxidation sites excluding steroid dienone is 1. The largest absolute Gasteiger partial charge is 0.491 e. The summed E-state index contributed by atoms with van der Waals surface area (Å²) in [6, 6.07) is 11.0. The van der Waals surface area contributed by atoms with Crippen molar-refractivity contribution in [1.82, 2.24) is 0 Å². The Bertz CT molecular complexity index is 908. The molecule has 0 saturated heterocycles. The third-order valence-electron chi connectivity index (χ3n) is 7.51. The quantitative estimate of drug-likeness (QED) is 0.376. The molecule has 0 aliphatic heterocycles. The summed E-state index contributed by atoms with van der Waals surface area (Å²) in [5.74, 6) is 0.0379. The van der Waals surface area contributed by atoms with Crippen LogP contribution in [0, 0.1) is 23.5 Å². The van der Waals surface area contributed by atoms with Crippen molar-refractivity contribution in [2.75, 3.05) is 13.2 Å². The molecule has 0 radical (unpaired) electrons. The molecule has 178 valence electrons. The van der Waals surface area contributed by atoms with Gasteiger partial charge in [0.1, 0.15) is 0 Å². The van der Waals surface area contributed by atoms with Gasteiger partial charge in [0, 0.05) is 12.2 Å². The van der Waals surface area contributed by atoms with Crippen molar-refractivity contribution in [3.8, 4) is 16.9 Å². The average Bonchev–Trinajstić information content (AvgIpc) is 2.87. The second kappa shape index (κ2) is 11.3. The van der Waals surface area contributed by atoms with Crippen molar-refractivity contribution in [3.63, 3.8) is 0 Å². The molecule has 0 heterocycles. The Hall–Kier alpha value is -2.20. The summed E-state index contributed by atoms with van der Waals surface area (Å²) in [5.41, 5.74) is 2.24. The third-order valence-corrected chi connectivity index (χ3v) is 7.51. The van der Waals surface area contributed by atoms with Gasteiger partial charge in [0.05, 0.1) is 12.7 Å². The number of ether oxygens (including phenoxy) is 2. The van der Waals surface area contributed by atoms with Gasteiger partial charge in [-0.25, -0.2) is 4.39 Å². The van der Waals surface area contributed by atoms with Gasteiger partial charge in [-0.15, -0.1) is 6.58 Å². The normalized spacial score (nSPS) is 25.5. The zero-order valence-electron chi connectivity index (χ0n) is 19.7. The van der Waals surface area contributed by atoms with E-state index in [4.69, 9.17) is 9.47 Å². The lowest BCUT2D eigenvalue weighted by Crippen LogP contribution is -2.25. The fourth-order valence-electron chi connectivity index (χ4n) is 5.38. The molecule has 0 spiro atoms. The molecule has 2 aromatic carbocycles. The van der Waals surface area contributed by atoms with E-state index in [2.05, 4.69) is 24.8 Å². The van der Waals surface area contributed by atoms with E-state index in [9.17, 15) is 8.78 Å². The Balaban J connectivity index is 1.28. The average molecular weight is 455 g/mol. The Labute approximate surface area is 197 Å². The molecule has 0 aromatic heterocycles. The molecule has 2 aromatic rings. The van der Waals surface area contributed by atoms with Crippen molar-refractivity contribution >= 4 is 0 Å². The minimum atomic E-state index is -0.923. The van der Waals surface area contributed by atoms with Crippen molar-refractivity contribution in [2.45, 2.75) is 70.3 Å². The van der Waals surface area contributed by atoms with E-state index >= 15 is 0 Å². The standard InChI is InChI=1S/C29H36F2O2/c1-3-20-7-15-25(16-8-20)33-19-21-5-9-22(10-6-21)23-11-13-24(14-12-23)26-17-18-27(32-4-2)29(31)28(26)30/h3,11-14,17-18,20-22,25H,1,4-10,15-16,19H2,2H3. The minimum absolute atomic E-state index is 0.0412. The van der Waals surface area contributed by atoms with Gasteiger partial charge in [-0.3, -0.25) is 0 Å². The lowest BCUT2D eigenvalue weighted by atomic mass is 9.78. The highest BCUT2D eigenvalue weighted by molar-refractivity contribution is 5.65. The maximum Gasteiger partial charge on any atom is 0.201 e. The smallest absolute Gasteiger partial charge is 0.201 e. The van der Waals surface area contributed by atoms with Crippen LogP contribution in [0.1, 0.15) is 69.8 Å². The highest BCUT2D eigenvalue weighted by Crippen LogP contribution is 2.38. The molecule has 2 aliphatic carbocycles. The first-order valence-corrected chi connectivity index (χ1v) is 12.5. The van der Waals surface area contributed by atoms with E-state index in [1.54, 1.807) is 13.0 Å². The van der Waals surface area contributed by atoms with Gasteiger partial charge < -0.3 is 9.47 Å². The highest BCUT2D eigenvalue weighted by Gasteiger charge is 2.25. The summed E-state index contributed by atoms with van der Waals surface area (Å²) in [4.78, 5) is 0. The predicted octanol–water partition coefficient (Wildman–Crippen LogP) is 8.07. The van der Waals surface area contributed by atoms with Crippen LogP contribution in [0.25, 0.3) is 11.1 Å². The van der Waals surface area contributed by atoms with Crippen LogP contribution < -0.4 is 4.74 Å². The molecule has 2 aliphatic rings. The summed E-state index contributed by atoms with van der Waals surface area (Å²) in [6.45, 7) is 6.86. The lowest BCUT2D eigenvalue weighted by Gasteiger charge is -2.32. The van der Waals surface area contributed by atoms with E-state index in [0.29, 0.717) is 36.0 Å². The summed E-state index contributed by atoms with van der Waals surface area (Å²) in [6.07, 6.45) is 12.0. The van der Waals surface area contributed by atoms with Crippen LogP contribution in [-0.4, -0.2) is 19.3 Å². The van der Waals surface area contributed by atoms with Crippen LogP contribution in [0.15, 0.2) is 49.1 Å². The molecule has 0 bridgehead atoms. The topological polar surface area (TPSA) is 18.5 Å². The van der Waals surface area contributed by atoms with Crippen molar-refractivity contribution in [1.29, 1.82) is 0 Å². The zero-order valence-corrected chi connectivity index (χ0v) is 19.7. The van der Waals surface area contributed by atoms with Crippen LogP contribution in [-0.2, 0) is 4.74 Å². The summed E-state index contributed by atoms with van der Waals surface area (Å²) in [7, 11) is 0. The number of benzene rings is 2. The van der Waals surface area contributed by atoms with Gasteiger partial charge in [0.2, 0.25) is 5.82 Å². The number of rotatable bonds is 8. The number of hydrogen-bond acceptors (Lipinski definition) is 2. The molecule has 0 amide bonds. The Morgan fingerprint density at radius 2 is 1.58 bits per heavy atom. The molecule has 33 heavy (non-hydrogen) atoms. The minimum Gasteiger partial charge on any atom is -0.491 e. The predicted molar refractivity (Wildman–Crippen MR) is 130 cm³/mol. The second-order valence-corrected chi connectivity index (χ2v) is 9.62. The molecular weight excluding hydrogens is 418 g/mol. The SMILES string of the molecule is C=CC1CCC(OCC2CCC(c3ccc(-c4ccc(OCC)c(F)c4F)cc3)CC2)CC1. The van der Waals surface area contributed by atoms with Crippen LogP contribution in [0.4, 0.5) is 8.78 Å². The van der Waals surface area contributed by atoms with E-state index < -0.39 is 11.6 Å². The lowest BCUT2D eigenvalue weighted by molar-refractivity contribution is -0.00454. The Morgan fingerprint density at radius 3 is 2.21 bits per heavy atom. The van der Waals surface area contributed by atoms with Gasteiger partial charge >= 0.3 is 0 Å². The first kappa shape index (κ1) is 23.9. The first-order valence-electron chi connectivity index (χ1n) is 12.5. The monoisotopic (exact) mass is 454 g/mol. The molecule has 2 saturated carbocycles. The molecule has 2 fully saturated rings. The summed E-state index contributed by atoms with van der Waals surface area (Å²) < 4.78 is 40.2. The Morgan fingerprint density at radius 1 is 0.879 bits per heavy atom. The fourth-order valence-corrected chi connectivity index (χ4v) is 5.38. The van der Waals surface area contributed by atoms with Crippen molar-refractivity contribution < 1.29 is 18.3 Å². The van der Waals surface area contributed by atoms with Crippen LogP contribution in [0.2, 0.25) is 0 Å². The maximum absolute atomic E-state index is 14.5. The highest BCUT2D eigenvalue weighted by atomic mass is 19.2. The molecule has 2 nitrogen and oxygen atoms in total. The van der Waals surface area contributed by atoms with Gasteiger partial charge in [-0.1, -0.05) is 30.3 Å². The molecule has 0 atom stereocenters. The van der Waals surface area contributed by atoms with Crippen LogP contribution in [0.3, 0.4) is 0 Å².